The lowest BCUT2D eigenvalue weighted by Gasteiger charge is -2.14. The number of carbonyl (C=O) groups is 2. The number of aldehydes is 1. The van der Waals surface area contributed by atoms with E-state index >= 15 is 0 Å². The van der Waals surface area contributed by atoms with Gasteiger partial charge in [0.15, 0.2) is 12.9 Å². The van der Waals surface area contributed by atoms with Crippen molar-refractivity contribution < 1.29 is 23.5 Å². The molecule has 0 saturated heterocycles. The zero-order valence-electron chi connectivity index (χ0n) is 15.9. The van der Waals surface area contributed by atoms with Gasteiger partial charge in [-0.15, -0.1) is 0 Å². The molecule has 0 aliphatic carbocycles. The Balaban J connectivity index is 1.61. The molecular weight excluding hydrogens is 358 g/mol. The Labute approximate surface area is 163 Å². The van der Waals surface area contributed by atoms with E-state index < -0.39 is 0 Å². The van der Waals surface area contributed by atoms with Gasteiger partial charge in [0.25, 0.3) is 5.91 Å². The van der Waals surface area contributed by atoms with Crippen molar-refractivity contribution in [3.63, 3.8) is 0 Å². The van der Waals surface area contributed by atoms with Gasteiger partial charge in [-0.25, -0.2) is 0 Å². The van der Waals surface area contributed by atoms with Crippen LogP contribution in [-0.4, -0.2) is 25.4 Å². The van der Waals surface area contributed by atoms with Gasteiger partial charge in [0.05, 0.1) is 18.2 Å². The predicted octanol–water partition coefficient (Wildman–Crippen LogP) is 4.29. The maximum absolute atomic E-state index is 12.3. The van der Waals surface area contributed by atoms with Crippen LogP contribution in [0.4, 0.5) is 0 Å². The molecular formula is C22H23NO5. The molecule has 0 bridgehead atoms. The summed E-state index contributed by atoms with van der Waals surface area (Å²) in [5.41, 5.74) is 1.14. The summed E-state index contributed by atoms with van der Waals surface area (Å²) >= 11 is 0. The standard InChI is InChI=1S/C22H23NO5/c1-3-10-26-18-9-8-17(13-24)21(12-18)27-14-22(25)23-15(2)20-11-16-6-4-5-7-19(16)28-20/h4-9,11-13,15H,3,10,14H2,1-2H3,(H,23,25)/t15-/m1/s1. The van der Waals surface area contributed by atoms with Crippen LogP contribution in [0.2, 0.25) is 0 Å². The summed E-state index contributed by atoms with van der Waals surface area (Å²) in [6.07, 6.45) is 1.56. The summed E-state index contributed by atoms with van der Waals surface area (Å²) in [7, 11) is 0. The van der Waals surface area contributed by atoms with E-state index in [1.54, 1.807) is 18.2 Å². The number of carbonyl (C=O) groups excluding carboxylic acids is 2. The van der Waals surface area contributed by atoms with E-state index in [2.05, 4.69) is 5.32 Å². The molecule has 1 aromatic heterocycles. The lowest BCUT2D eigenvalue weighted by molar-refractivity contribution is -0.123. The highest BCUT2D eigenvalue weighted by Gasteiger charge is 2.15. The van der Waals surface area contributed by atoms with Crippen molar-refractivity contribution in [2.45, 2.75) is 26.3 Å². The second-order valence-corrected chi connectivity index (χ2v) is 6.43. The minimum Gasteiger partial charge on any atom is -0.493 e. The predicted molar refractivity (Wildman–Crippen MR) is 106 cm³/mol. The lowest BCUT2D eigenvalue weighted by atomic mass is 10.2. The summed E-state index contributed by atoms with van der Waals surface area (Å²) in [5.74, 6) is 1.26. The Kier molecular flexibility index (Phi) is 6.32. The first kappa shape index (κ1) is 19.5. The van der Waals surface area contributed by atoms with Crippen molar-refractivity contribution in [3.8, 4) is 11.5 Å². The van der Waals surface area contributed by atoms with E-state index in [1.165, 1.54) is 0 Å². The smallest absolute Gasteiger partial charge is 0.258 e. The van der Waals surface area contributed by atoms with Gasteiger partial charge in [-0.05, 0) is 37.6 Å². The quantitative estimate of drug-likeness (QED) is 0.560. The van der Waals surface area contributed by atoms with Gasteiger partial charge in [-0.2, -0.15) is 0 Å². The van der Waals surface area contributed by atoms with E-state index in [-0.39, 0.29) is 18.6 Å². The highest BCUT2D eigenvalue weighted by atomic mass is 16.5. The van der Waals surface area contributed by atoms with Crippen LogP contribution < -0.4 is 14.8 Å². The van der Waals surface area contributed by atoms with Crippen LogP contribution >= 0.6 is 0 Å². The van der Waals surface area contributed by atoms with E-state index in [0.29, 0.717) is 35.7 Å². The third-order valence-corrected chi connectivity index (χ3v) is 4.19. The van der Waals surface area contributed by atoms with Gasteiger partial charge in [0.1, 0.15) is 22.8 Å². The fourth-order valence-corrected chi connectivity index (χ4v) is 2.76. The molecule has 2 aromatic carbocycles. The normalized spacial score (nSPS) is 11.8. The largest absolute Gasteiger partial charge is 0.493 e. The van der Waals surface area contributed by atoms with Crippen molar-refractivity contribution >= 4 is 23.2 Å². The van der Waals surface area contributed by atoms with Crippen LogP contribution in [0, 0.1) is 0 Å². The average Bonchev–Trinajstić information content (AvgIpc) is 3.15. The minimum absolute atomic E-state index is 0.220. The van der Waals surface area contributed by atoms with E-state index in [9.17, 15) is 9.59 Å². The monoisotopic (exact) mass is 381 g/mol. The first-order valence-corrected chi connectivity index (χ1v) is 9.23. The summed E-state index contributed by atoms with van der Waals surface area (Å²) in [6.45, 7) is 4.19. The van der Waals surface area contributed by atoms with Crippen LogP contribution in [0.5, 0.6) is 11.5 Å². The summed E-state index contributed by atoms with van der Waals surface area (Å²) in [5, 5.41) is 3.82. The number of amides is 1. The maximum Gasteiger partial charge on any atom is 0.258 e. The molecule has 3 aromatic rings. The number of fused-ring (bicyclic) bond motifs is 1. The number of furan rings is 1. The van der Waals surface area contributed by atoms with Crippen LogP contribution in [0.25, 0.3) is 11.0 Å². The molecule has 1 atom stereocenters. The number of ether oxygens (including phenoxy) is 2. The van der Waals surface area contributed by atoms with E-state index in [4.69, 9.17) is 13.9 Å². The molecule has 1 amide bonds. The van der Waals surface area contributed by atoms with Gasteiger partial charge in [-0.1, -0.05) is 25.1 Å². The fraction of sp³-hybridized carbons (Fsp3) is 0.273. The number of hydrogen-bond donors (Lipinski definition) is 1. The average molecular weight is 381 g/mol. The number of para-hydroxylation sites is 1. The molecule has 0 spiro atoms. The number of benzene rings is 2. The Morgan fingerprint density at radius 1 is 1.18 bits per heavy atom. The molecule has 3 rings (SSSR count). The zero-order chi connectivity index (χ0) is 19.9. The Morgan fingerprint density at radius 2 is 2.00 bits per heavy atom. The van der Waals surface area contributed by atoms with Crippen LogP contribution in [-0.2, 0) is 4.79 Å². The topological polar surface area (TPSA) is 77.8 Å². The molecule has 0 aliphatic rings. The van der Waals surface area contributed by atoms with E-state index in [0.717, 1.165) is 17.4 Å². The van der Waals surface area contributed by atoms with Crippen molar-refractivity contribution in [3.05, 3.63) is 59.9 Å². The molecule has 0 radical (unpaired) electrons. The Morgan fingerprint density at radius 3 is 2.75 bits per heavy atom. The SMILES string of the molecule is CCCOc1ccc(C=O)c(OCC(=O)N[C@H](C)c2cc3ccccc3o2)c1. The molecule has 1 N–H and O–H groups in total. The molecule has 1 heterocycles. The van der Waals surface area contributed by atoms with Gasteiger partial charge in [-0.3, -0.25) is 9.59 Å². The number of hydrogen-bond acceptors (Lipinski definition) is 5. The fourth-order valence-electron chi connectivity index (χ4n) is 2.76. The number of rotatable bonds is 9. The highest BCUT2D eigenvalue weighted by molar-refractivity contribution is 5.82. The van der Waals surface area contributed by atoms with Crippen LogP contribution in [0.1, 0.15) is 42.4 Å². The first-order chi connectivity index (χ1) is 13.6. The molecule has 146 valence electrons. The lowest BCUT2D eigenvalue weighted by Crippen LogP contribution is -2.31. The number of nitrogens with one attached hydrogen (secondary N) is 1. The summed E-state index contributed by atoms with van der Waals surface area (Å²) < 4.78 is 16.9. The zero-order valence-corrected chi connectivity index (χ0v) is 15.9. The Bertz CT molecular complexity index is 929. The summed E-state index contributed by atoms with van der Waals surface area (Å²) in [4.78, 5) is 23.5. The first-order valence-electron chi connectivity index (χ1n) is 9.23. The molecule has 0 fully saturated rings. The molecule has 6 nitrogen and oxygen atoms in total. The second kappa shape index (κ2) is 9.08. The molecule has 0 aliphatic heterocycles. The van der Waals surface area contributed by atoms with Gasteiger partial charge >= 0.3 is 0 Å². The molecule has 6 heteroatoms. The van der Waals surface area contributed by atoms with Crippen LogP contribution in [0.15, 0.2) is 52.9 Å². The maximum atomic E-state index is 12.3. The van der Waals surface area contributed by atoms with Gasteiger partial charge in [0, 0.05) is 11.5 Å². The van der Waals surface area contributed by atoms with Crippen molar-refractivity contribution in [1.82, 2.24) is 5.32 Å². The highest BCUT2D eigenvalue weighted by Crippen LogP contribution is 2.25. The van der Waals surface area contributed by atoms with E-state index in [1.807, 2.05) is 44.2 Å². The van der Waals surface area contributed by atoms with Crippen molar-refractivity contribution in [2.24, 2.45) is 0 Å². The third kappa shape index (κ3) is 4.71. The van der Waals surface area contributed by atoms with Crippen LogP contribution in [0.3, 0.4) is 0 Å². The molecule has 28 heavy (non-hydrogen) atoms. The second-order valence-electron chi connectivity index (χ2n) is 6.43. The summed E-state index contributed by atoms with van der Waals surface area (Å²) in [6, 6.07) is 14.2. The minimum atomic E-state index is -0.315. The van der Waals surface area contributed by atoms with Gasteiger partial charge in [0.2, 0.25) is 0 Å². The van der Waals surface area contributed by atoms with Crippen molar-refractivity contribution in [2.75, 3.05) is 13.2 Å². The molecule has 0 saturated carbocycles. The van der Waals surface area contributed by atoms with Gasteiger partial charge < -0.3 is 19.2 Å². The molecule has 0 unspecified atom stereocenters. The van der Waals surface area contributed by atoms with Crippen molar-refractivity contribution in [1.29, 1.82) is 0 Å². The third-order valence-electron chi connectivity index (χ3n) is 4.19. The Hall–Kier alpha value is -3.28.